The van der Waals surface area contributed by atoms with Gasteiger partial charge in [-0.05, 0) is 58.7 Å². The molecular weight excluding hydrogens is 440 g/mol. The molecule has 0 unspecified atom stereocenters. The number of nitrogens with zero attached hydrogens (tertiary/aromatic N) is 2. The highest BCUT2D eigenvalue weighted by atomic mass is 33.1. The van der Waals surface area contributed by atoms with E-state index in [1.54, 1.807) is 34.0 Å². The number of fused-ring (bicyclic) bond motifs is 1. The molecule has 0 radical (unpaired) electrons. The number of nitrogens with one attached hydrogen (secondary N) is 2. The van der Waals surface area contributed by atoms with Gasteiger partial charge >= 0.3 is 12.0 Å². The highest BCUT2D eigenvalue weighted by Gasteiger charge is 2.42. The van der Waals surface area contributed by atoms with Crippen molar-refractivity contribution in [2.24, 2.45) is 0 Å². The van der Waals surface area contributed by atoms with Crippen LogP contribution in [0.1, 0.15) is 25.7 Å². The molecule has 2 amide bonds. The van der Waals surface area contributed by atoms with Gasteiger partial charge in [-0.1, -0.05) is 18.6 Å². The van der Waals surface area contributed by atoms with Crippen molar-refractivity contribution in [3.8, 4) is 0 Å². The molecule has 0 bridgehead atoms. The molecule has 4 rings (SSSR count). The number of urea groups is 1. The highest BCUT2D eigenvalue weighted by molar-refractivity contribution is 8.76. The number of amides is 2. The average Bonchev–Trinajstić information content (AvgIpc) is 3.31. The van der Waals surface area contributed by atoms with Gasteiger partial charge in [0.1, 0.15) is 10.1 Å². The lowest BCUT2D eigenvalue weighted by atomic mass is 10.0. The second-order valence-electron chi connectivity index (χ2n) is 6.76. The second kappa shape index (κ2) is 12.1. The fraction of sp³-hybridized carbons (Fsp3) is 0.400. The molecule has 2 saturated heterocycles. The van der Waals surface area contributed by atoms with Gasteiger partial charge in [-0.3, -0.25) is 4.79 Å². The second-order valence-corrected chi connectivity index (χ2v) is 10.2. The van der Waals surface area contributed by atoms with Crippen LogP contribution >= 0.6 is 33.3 Å². The standard InChI is InChI=1S/C10H16N2O3S.C10H8N2S2/c13-8(14)4-2-1-3-7-9-6(5-16-7)11-10(15)12-9;1-3-7-11-9(5-1)13-14-10-6-2-4-8-12-10/h6-7,9H,1-5H2,(H,13,14)(H2,11,12,15);1-8H/t6-,7-,9-;/m0./s1. The molecule has 10 heteroatoms. The van der Waals surface area contributed by atoms with E-state index in [2.05, 4.69) is 20.6 Å². The zero-order valence-electron chi connectivity index (χ0n) is 16.3. The van der Waals surface area contributed by atoms with Crippen LogP contribution in [0.15, 0.2) is 58.8 Å². The van der Waals surface area contributed by atoms with Crippen molar-refractivity contribution in [3.63, 3.8) is 0 Å². The monoisotopic (exact) mass is 464 g/mol. The lowest BCUT2D eigenvalue weighted by Gasteiger charge is -2.16. The number of carbonyl (C=O) groups excluding carboxylic acids is 1. The number of unbranched alkanes of at least 4 members (excludes halogenated alkanes) is 1. The average molecular weight is 465 g/mol. The van der Waals surface area contributed by atoms with Crippen LogP contribution in [0.4, 0.5) is 4.79 Å². The Bertz CT molecular complexity index is 774. The molecular formula is C20H24N4O3S3. The van der Waals surface area contributed by atoms with Crippen molar-refractivity contribution in [2.45, 2.75) is 53.1 Å². The van der Waals surface area contributed by atoms with E-state index in [1.165, 1.54) is 0 Å². The van der Waals surface area contributed by atoms with E-state index in [-0.39, 0.29) is 24.5 Å². The van der Waals surface area contributed by atoms with Crippen LogP contribution < -0.4 is 10.6 Å². The Morgan fingerprint density at radius 2 is 1.73 bits per heavy atom. The molecule has 2 aliphatic heterocycles. The molecule has 30 heavy (non-hydrogen) atoms. The predicted octanol–water partition coefficient (Wildman–Crippen LogP) is 4.07. The molecule has 0 saturated carbocycles. The molecule has 0 aliphatic carbocycles. The maximum Gasteiger partial charge on any atom is 0.315 e. The Kier molecular flexibility index (Phi) is 9.16. The fourth-order valence-electron chi connectivity index (χ4n) is 3.14. The molecule has 7 nitrogen and oxygen atoms in total. The minimum absolute atomic E-state index is 0.0640. The SMILES string of the molecule is O=C(O)CCCC[C@@H]1SC[C@@H]2NC(=O)N[C@@H]21.c1ccc(SSc2ccccn2)nc1. The molecule has 2 fully saturated rings. The first-order valence-corrected chi connectivity index (χ1v) is 12.9. The van der Waals surface area contributed by atoms with Gasteiger partial charge < -0.3 is 15.7 Å². The van der Waals surface area contributed by atoms with Crippen molar-refractivity contribution >= 4 is 45.4 Å². The van der Waals surface area contributed by atoms with Gasteiger partial charge in [0.15, 0.2) is 0 Å². The quantitative estimate of drug-likeness (QED) is 0.305. The van der Waals surface area contributed by atoms with Crippen LogP contribution in [0.3, 0.4) is 0 Å². The summed E-state index contributed by atoms with van der Waals surface area (Å²) in [5.74, 6) is 0.236. The molecule has 4 heterocycles. The van der Waals surface area contributed by atoms with E-state index in [0.29, 0.717) is 5.25 Å². The van der Waals surface area contributed by atoms with Crippen molar-refractivity contribution in [1.29, 1.82) is 0 Å². The minimum Gasteiger partial charge on any atom is -0.481 e. The smallest absolute Gasteiger partial charge is 0.315 e. The zero-order chi connectivity index (χ0) is 21.2. The molecule has 3 N–H and O–H groups in total. The van der Waals surface area contributed by atoms with Gasteiger partial charge in [-0.15, -0.1) is 0 Å². The largest absolute Gasteiger partial charge is 0.481 e. The molecule has 2 aromatic heterocycles. The van der Waals surface area contributed by atoms with Crippen molar-refractivity contribution in [2.75, 3.05) is 5.75 Å². The number of hydrogen-bond acceptors (Lipinski definition) is 7. The number of aromatic nitrogens is 2. The summed E-state index contributed by atoms with van der Waals surface area (Å²) in [4.78, 5) is 29.9. The van der Waals surface area contributed by atoms with E-state index in [1.807, 2.05) is 48.2 Å². The van der Waals surface area contributed by atoms with Gasteiger partial charge in [0.2, 0.25) is 0 Å². The number of rotatable bonds is 8. The fourth-order valence-corrected chi connectivity index (χ4v) is 6.44. The lowest BCUT2D eigenvalue weighted by molar-refractivity contribution is -0.137. The van der Waals surface area contributed by atoms with E-state index < -0.39 is 5.97 Å². The summed E-state index contributed by atoms with van der Waals surface area (Å²) in [6, 6.07) is 12.2. The first kappa shape index (κ1) is 22.8. The summed E-state index contributed by atoms with van der Waals surface area (Å²) in [6.45, 7) is 0. The maximum atomic E-state index is 11.1. The summed E-state index contributed by atoms with van der Waals surface area (Å²) in [6.07, 6.45) is 6.47. The van der Waals surface area contributed by atoms with Gasteiger partial charge in [0.25, 0.3) is 0 Å². The molecule has 160 valence electrons. The van der Waals surface area contributed by atoms with E-state index >= 15 is 0 Å². The van der Waals surface area contributed by atoms with Crippen LogP contribution in [0.2, 0.25) is 0 Å². The van der Waals surface area contributed by atoms with E-state index in [4.69, 9.17) is 5.11 Å². The summed E-state index contributed by atoms with van der Waals surface area (Å²) in [5.41, 5.74) is 0. The number of thioether (sulfide) groups is 1. The molecule has 3 atom stereocenters. The predicted molar refractivity (Wildman–Crippen MR) is 122 cm³/mol. The zero-order valence-corrected chi connectivity index (χ0v) is 18.7. The topological polar surface area (TPSA) is 104 Å². The number of carboxylic acids is 1. The van der Waals surface area contributed by atoms with Crippen LogP contribution in [-0.2, 0) is 4.79 Å². The van der Waals surface area contributed by atoms with Gasteiger partial charge in [-0.25, -0.2) is 14.8 Å². The first-order valence-electron chi connectivity index (χ1n) is 9.69. The third-order valence-corrected chi connectivity index (χ3v) is 8.25. The van der Waals surface area contributed by atoms with Crippen molar-refractivity contribution in [3.05, 3.63) is 48.8 Å². The van der Waals surface area contributed by atoms with Crippen molar-refractivity contribution < 1.29 is 14.7 Å². The Morgan fingerprint density at radius 3 is 2.30 bits per heavy atom. The van der Waals surface area contributed by atoms with Gasteiger partial charge in [0, 0.05) is 29.8 Å². The van der Waals surface area contributed by atoms with Crippen LogP contribution in [0.5, 0.6) is 0 Å². The van der Waals surface area contributed by atoms with E-state index in [0.717, 1.165) is 35.1 Å². The lowest BCUT2D eigenvalue weighted by Crippen LogP contribution is -2.36. The third kappa shape index (κ3) is 7.41. The van der Waals surface area contributed by atoms with E-state index in [9.17, 15) is 9.59 Å². The third-order valence-electron chi connectivity index (χ3n) is 4.56. The van der Waals surface area contributed by atoms with Crippen LogP contribution in [0.25, 0.3) is 0 Å². The molecule has 2 aliphatic rings. The number of carbonyl (C=O) groups is 2. The van der Waals surface area contributed by atoms with Gasteiger partial charge in [-0.2, -0.15) is 11.8 Å². The Morgan fingerprint density at radius 1 is 1.07 bits per heavy atom. The number of hydrogen-bond donors (Lipinski definition) is 3. The Labute approximate surface area is 188 Å². The maximum absolute atomic E-state index is 11.1. The molecule has 0 aromatic carbocycles. The Hall–Kier alpha value is -1.91. The first-order chi connectivity index (χ1) is 14.6. The van der Waals surface area contributed by atoms with Crippen LogP contribution in [0, 0.1) is 0 Å². The summed E-state index contributed by atoms with van der Waals surface area (Å²) < 4.78 is 0. The molecule has 2 aromatic rings. The number of pyridine rings is 2. The van der Waals surface area contributed by atoms with Crippen LogP contribution in [-0.4, -0.2) is 50.2 Å². The van der Waals surface area contributed by atoms with Crippen molar-refractivity contribution in [1.82, 2.24) is 20.6 Å². The highest BCUT2D eigenvalue weighted by Crippen LogP contribution is 2.34. The molecule has 0 spiro atoms. The van der Waals surface area contributed by atoms with Gasteiger partial charge in [0.05, 0.1) is 12.1 Å². The number of aliphatic carboxylic acids is 1. The normalized spacial score (nSPS) is 21.7. The Balaban J connectivity index is 0.000000172. The minimum atomic E-state index is -0.729. The summed E-state index contributed by atoms with van der Waals surface area (Å²) in [7, 11) is 3.23. The number of carboxylic acid groups (broad SMARTS) is 1. The summed E-state index contributed by atoms with van der Waals surface area (Å²) >= 11 is 1.87. The summed E-state index contributed by atoms with van der Waals surface area (Å²) in [5, 5.41) is 16.8.